The minimum absolute atomic E-state index is 0.246. The zero-order chi connectivity index (χ0) is 16.3. The molecule has 1 fully saturated rings. The summed E-state index contributed by atoms with van der Waals surface area (Å²) in [5.41, 5.74) is 5.30. The van der Waals surface area contributed by atoms with Gasteiger partial charge in [0.15, 0.2) is 12.2 Å². The summed E-state index contributed by atoms with van der Waals surface area (Å²) in [6, 6.07) is 6.33. The Morgan fingerprint density at radius 3 is 2.23 bits per heavy atom. The Hall–Kier alpha value is -2.19. The number of hydrogen-bond donors (Lipinski definition) is 3. The highest BCUT2D eigenvalue weighted by atomic mass is 19.1. The second kappa shape index (κ2) is 6.71. The first-order chi connectivity index (χ1) is 10.4. The van der Waals surface area contributed by atoms with E-state index in [9.17, 15) is 24.2 Å². The predicted octanol–water partition coefficient (Wildman–Crippen LogP) is -1.32. The van der Waals surface area contributed by atoms with Crippen molar-refractivity contribution in [1.82, 2.24) is 4.90 Å². The van der Waals surface area contributed by atoms with Crippen LogP contribution in [0.4, 0.5) is 10.1 Å². The number of nitrogens with zero attached hydrogens (tertiary/aromatic N) is 2. The highest BCUT2D eigenvalue weighted by Gasteiger charge is 2.33. The number of rotatable bonds is 4. The molecule has 120 valence electrons. The Kier molecular flexibility index (Phi) is 4.94. The summed E-state index contributed by atoms with van der Waals surface area (Å²) in [4.78, 5) is 25.9. The molecular weight excluding hydrogens is 293 g/mol. The van der Waals surface area contributed by atoms with Crippen LogP contribution in [0, 0.1) is 5.82 Å². The molecule has 0 spiro atoms. The number of aliphatic hydroxyl groups is 2. The molecule has 0 bridgehead atoms. The van der Waals surface area contributed by atoms with Crippen LogP contribution in [0.5, 0.6) is 0 Å². The first kappa shape index (κ1) is 16.2. The first-order valence-corrected chi connectivity index (χ1v) is 6.85. The van der Waals surface area contributed by atoms with Crippen LogP contribution in [0.15, 0.2) is 24.3 Å². The van der Waals surface area contributed by atoms with Gasteiger partial charge in [-0.2, -0.15) is 0 Å². The van der Waals surface area contributed by atoms with Gasteiger partial charge in [0, 0.05) is 26.2 Å². The van der Waals surface area contributed by atoms with E-state index in [-0.39, 0.29) is 18.9 Å². The molecule has 2 atom stereocenters. The molecule has 1 saturated heterocycles. The van der Waals surface area contributed by atoms with Gasteiger partial charge in [-0.25, -0.2) is 4.39 Å². The highest BCUT2D eigenvalue weighted by molar-refractivity contribution is 5.90. The maximum absolute atomic E-state index is 13.7. The predicted molar refractivity (Wildman–Crippen MR) is 76.4 cm³/mol. The van der Waals surface area contributed by atoms with Crippen molar-refractivity contribution in [3.8, 4) is 0 Å². The maximum Gasteiger partial charge on any atom is 0.254 e. The van der Waals surface area contributed by atoms with Crippen LogP contribution in [0.1, 0.15) is 0 Å². The summed E-state index contributed by atoms with van der Waals surface area (Å²) in [5, 5.41) is 19.0. The van der Waals surface area contributed by atoms with E-state index in [1.54, 1.807) is 23.1 Å². The van der Waals surface area contributed by atoms with E-state index in [2.05, 4.69) is 0 Å². The van der Waals surface area contributed by atoms with Gasteiger partial charge in [-0.05, 0) is 12.1 Å². The Bertz CT molecular complexity index is 561. The topological polar surface area (TPSA) is 107 Å². The molecule has 7 nitrogen and oxygen atoms in total. The third-order valence-corrected chi connectivity index (χ3v) is 3.63. The summed E-state index contributed by atoms with van der Waals surface area (Å²) in [6.45, 7) is 1.25. The first-order valence-electron chi connectivity index (χ1n) is 6.85. The van der Waals surface area contributed by atoms with Crippen LogP contribution in [-0.4, -0.2) is 65.3 Å². The van der Waals surface area contributed by atoms with E-state index < -0.39 is 24.0 Å². The standard InChI is InChI=1S/C14H18FN3O4/c15-9-3-1-2-4-10(9)17-5-7-18(8-6-17)14(22)12(20)11(19)13(16)21/h1-4,11-12,19-20H,5-8H2,(H2,16,21). The summed E-state index contributed by atoms with van der Waals surface area (Å²) in [5.74, 6) is -2.27. The average Bonchev–Trinajstić information content (AvgIpc) is 2.53. The molecular formula is C14H18FN3O4. The molecule has 2 unspecified atom stereocenters. The number of para-hydroxylation sites is 1. The summed E-state index contributed by atoms with van der Waals surface area (Å²) in [6.07, 6.45) is -3.81. The fraction of sp³-hybridized carbons (Fsp3) is 0.429. The minimum atomic E-state index is -1.93. The van der Waals surface area contributed by atoms with Crippen LogP contribution in [0.3, 0.4) is 0 Å². The van der Waals surface area contributed by atoms with E-state index >= 15 is 0 Å². The second-order valence-corrected chi connectivity index (χ2v) is 5.06. The Labute approximate surface area is 126 Å². The van der Waals surface area contributed by atoms with Crippen molar-refractivity contribution in [3.05, 3.63) is 30.1 Å². The van der Waals surface area contributed by atoms with E-state index in [0.29, 0.717) is 18.8 Å². The van der Waals surface area contributed by atoms with Crippen molar-refractivity contribution in [1.29, 1.82) is 0 Å². The maximum atomic E-state index is 13.7. The van der Waals surface area contributed by atoms with E-state index in [0.717, 1.165) is 0 Å². The molecule has 1 aromatic carbocycles. The summed E-state index contributed by atoms with van der Waals surface area (Å²) < 4.78 is 13.7. The lowest BCUT2D eigenvalue weighted by Crippen LogP contribution is -2.55. The number of benzene rings is 1. The number of carbonyl (C=O) groups excluding carboxylic acids is 2. The van der Waals surface area contributed by atoms with Crippen molar-refractivity contribution < 1.29 is 24.2 Å². The van der Waals surface area contributed by atoms with Gasteiger partial charge < -0.3 is 25.7 Å². The molecule has 0 radical (unpaired) electrons. The summed E-state index contributed by atoms with van der Waals surface area (Å²) in [7, 11) is 0. The third kappa shape index (κ3) is 3.34. The van der Waals surface area contributed by atoms with E-state index in [1.165, 1.54) is 11.0 Å². The monoisotopic (exact) mass is 311 g/mol. The van der Waals surface area contributed by atoms with Gasteiger partial charge in [0.25, 0.3) is 5.91 Å². The van der Waals surface area contributed by atoms with Gasteiger partial charge in [-0.1, -0.05) is 12.1 Å². The molecule has 4 N–H and O–H groups in total. The zero-order valence-electron chi connectivity index (χ0n) is 11.9. The largest absolute Gasteiger partial charge is 0.380 e. The molecule has 1 aliphatic rings. The molecule has 2 rings (SSSR count). The number of aliphatic hydroxyl groups excluding tert-OH is 2. The Morgan fingerprint density at radius 2 is 1.68 bits per heavy atom. The van der Waals surface area contributed by atoms with Gasteiger partial charge in [0.2, 0.25) is 5.91 Å². The van der Waals surface area contributed by atoms with Crippen LogP contribution in [0.25, 0.3) is 0 Å². The normalized spacial score (nSPS) is 18.0. The number of anilines is 1. The van der Waals surface area contributed by atoms with Crippen molar-refractivity contribution in [2.45, 2.75) is 12.2 Å². The molecule has 1 aromatic rings. The van der Waals surface area contributed by atoms with Crippen LogP contribution < -0.4 is 10.6 Å². The Balaban J connectivity index is 1.96. The molecule has 1 heterocycles. The number of hydrogen-bond acceptors (Lipinski definition) is 5. The number of carbonyl (C=O) groups is 2. The van der Waals surface area contributed by atoms with Gasteiger partial charge in [-0.15, -0.1) is 0 Å². The fourth-order valence-corrected chi connectivity index (χ4v) is 2.35. The van der Waals surface area contributed by atoms with Crippen molar-refractivity contribution in [2.24, 2.45) is 5.73 Å². The number of primary amides is 1. The fourth-order valence-electron chi connectivity index (χ4n) is 2.35. The van der Waals surface area contributed by atoms with Gasteiger partial charge in [0.1, 0.15) is 5.82 Å². The Morgan fingerprint density at radius 1 is 1.09 bits per heavy atom. The molecule has 22 heavy (non-hydrogen) atoms. The molecule has 8 heteroatoms. The highest BCUT2D eigenvalue weighted by Crippen LogP contribution is 2.20. The number of halogens is 1. The quantitative estimate of drug-likeness (QED) is 0.639. The minimum Gasteiger partial charge on any atom is -0.380 e. The third-order valence-electron chi connectivity index (χ3n) is 3.63. The van der Waals surface area contributed by atoms with Gasteiger partial charge in [0.05, 0.1) is 5.69 Å². The van der Waals surface area contributed by atoms with E-state index in [1.807, 2.05) is 0 Å². The zero-order valence-corrected chi connectivity index (χ0v) is 11.9. The van der Waals surface area contributed by atoms with Gasteiger partial charge >= 0.3 is 0 Å². The number of nitrogens with two attached hydrogens (primary N) is 1. The van der Waals surface area contributed by atoms with Crippen molar-refractivity contribution in [3.63, 3.8) is 0 Å². The van der Waals surface area contributed by atoms with Crippen LogP contribution in [0.2, 0.25) is 0 Å². The lowest BCUT2D eigenvalue weighted by Gasteiger charge is -2.37. The average molecular weight is 311 g/mol. The van der Waals surface area contributed by atoms with Crippen molar-refractivity contribution >= 4 is 17.5 Å². The van der Waals surface area contributed by atoms with Crippen molar-refractivity contribution in [2.75, 3.05) is 31.1 Å². The molecule has 2 amide bonds. The van der Waals surface area contributed by atoms with Crippen LogP contribution >= 0.6 is 0 Å². The second-order valence-electron chi connectivity index (χ2n) is 5.06. The summed E-state index contributed by atoms with van der Waals surface area (Å²) >= 11 is 0. The van der Waals surface area contributed by atoms with Gasteiger partial charge in [-0.3, -0.25) is 9.59 Å². The molecule has 0 aromatic heterocycles. The lowest BCUT2D eigenvalue weighted by atomic mass is 10.1. The lowest BCUT2D eigenvalue weighted by molar-refractivity contribution is -0.152. The molecule has 0 aliphatic carbocycles. The smallest absolute Gasteiger partial charge is 0.254 e. The van der Waals surface area contributed by atoms with Crippen LogP contribution in [-0.2, 0) is 9.59 Å². The number of amides is 2. The SMILES string of the molecule is NC(=O)C(O)C(O)C(=O)N1CCN(c2ccccc2F)CC1. The van der Waals surface area contributed by atoms with E-state index in [4.69, 9.17) is 5.73 Å². The molecule has 1 aliphatic heterocycles. The molecule has 0 saturated carbocycles. The number of piperazine rings is 1.